The van der Waals surface area contributed by atoms with Crippen molar-refractivity contribution in [1.82, 2.24) is 4.90 Å². The third-order valence-corrected chi connectivity index (χ3v) is 1.85. The standard InChI is InChI=1S/C9H18N2O/c1-4-12-7-5-6-11(3)9(2)8-10/h9H,4-7H2,1-3H3. The lowest BCUT2D eigenvalue weighted by atomic mass is 10.3. The highest BCUT2D eigenvalue weighted by molar-refractivity contribution is 4.86. The summed E-state index contributed by atoms with van der Waals surface area (Å²) in [7, 11) is 1.96. The minimum absolute atomic E-state index is 0.00614. The summed E-state index contributed by atoms with van der Waals surface area (Å²) in [6.07, 6.45) is 0.996. The molecule has 3 nitrogen and oxygen atoms in total. The van der Waals surface area contributed by atoms with Crippen molar-refractivity contribution in [3.8, 4) is 6.07 Å². The van der Waals surface area contributed by atoms with Gasteiger partial charge in [0.2, 0.25) is 0 Å². The Hall–Kier alpha value is -0.590. The second kappa shape index (κ2) is 7.08. The van der Waals surface area contributed by atoms with Crippen molar-refractivity contribution in [2.24, 2.45) is 0 Å². The highest BCUT2D eigenvalue weighted by atomic mass is 16.5. The van der Waals surface area contributed by atoms with Crippen LogP contribution in [0.1, 0.15) is 20.3 Å². The van der Waals surface area contributed by atoms with Crippen LogP contribution in [0.15, 0.2) is 0 Å². The highest BCUT2D eigenvalue weighted by Gasteiger charge is 2.05. The lowest BCUT2D eigenvalue weighted by Crippen LogP contribution is -2.29. The molecule has 0 rings (SSSR count). The van der Waals surface area contributed by atoms with Gasteiger partial charge in [-0.25, -0.2) is 0 Å². The Balaban J connectivity index is 3.32. The molecule has 3 heteroatoms. The van der Waals surface area contributed by atoms with E-state index in [2.05, 4.69) is 6.07 Å². The van der Waals surface area contributed by atoms with Crippen LogP contribution in [0, 0.1) is 11.3 Å². The Morgan fingerprint density at radius 1 is 1.58 bits per heavy atom. The predicted molar refractivity (Wildman–Crippen MR) is 48.8 cm³/mol. The van der Waals surface area contributed by atoms with E-state index in [4.69, 9.17) is 10.00 Å². The van der Waals surface area contributed by atoms with Gasteiger partial charge in [-0.2, -0.15) is 5.26 Å². The molecule has 0 aliphatic heterocycles. The molecule has 0 aliphatic rings. The summed E-state index contributed by atoms with van der Waals surface area (Å²) in [4.78, 5) is 2.03. The Labute approximate surface area is 74.9 Å². The molecule has 0 saturated heterocycles. The maximum absolute atomic E-state index is 8.58. The van der Waals surface area contributed by atoms with Gasteiger partial charge in [-0.05, 0) is 27.3 Å². The van der Waals surface area contributed by atoms with Gasteiger partial charge in [0.15, 0.2) is 0 Å². The third kappa shape index (κ3) is 5.11. The second-order valence-electron chi connectivity index (χ2n) is 2.84. The molecular formula is C9H18N2O. The van der Waals surface area contributed by atoms with E-state index in [1.54, 1.807) is 0 Å². The summed E-state index contributed by atoms with van der Waals surface area (Å²) >= 11 is 0. The first kappa shape index (κ1) is 11.4. The van der Waals surface area contributed by atoms with E-state index in [1.807, 2.05) is 25.8 Å². The van der Waals surface area contributed by atoms with Crippen LogP contribution in [0.2, 0.25) is 0 Å². The molecule has 0 aromatic rings. The smallest absolute Gasteiger partial charge is 0.0946 e. The molecule has 0 aromatic heterocycles. The summed E-state index contributed by atoms with van der Waals surface area (Å²) in [6.45, 7) is 6.38. The normalized spacial score (nSPS) is 12.9. The van der Waals surface area contributed by atoms with Crippen molar-refractivity contribution < 1.29 is 4.74 Å². The van der Waals surface area contributed by atoms with Crippen LogP contribution in [-0.2, 0) is 4.74 Å². The largest absolute Gasteiger partial charge is 0.382 e. The Bertz CT molecular complexity index is 142. The third-order valence-electron chi connectivity index (χ3n) is 1.85. The number of nitrogens with zero attached hydrogens (tertiary/aromatic N) is 2. The molecule has 0 aliphatic carbocycles. The van der Waals surface area contributed by atoms with Crippen molar-refractivity contribution >= 4 is 0 Å². The van der Waals surface area contributed by atoms with Crippen LogP contribution < -0.4 is 0 Å². The monoisotopic (exact) mass is 170 g/mol. The summed E-state index contributed by atoms with van der Waals surface area (Å²) in [5.41, 5.74) is 0. The van der Waals surface area contributed by atoms with Gasteiger partial charge in [0, 0.05) is 19.8 Å². The van der Waals surface area contributed by atoms with E-state index in [-0.39, 0.29) is 6.04 Å². The molecule has 0 radical (unpaired) electrons. The summed E-state index contributed by atoms with van der Waals surface area (Å²) in [5, 5.41) is 8.58. The molecule has 12 heavy (non-hydrogen) atoms. The van der Waals surface area contributed by atoms with Crippen LogP contribution in [0.3, 0.4) is 0 Å². The molecular weight excluding hydrogens is 152 g/mol. The topological polar surface area (TPSA) is 36.3 Å². The van der Waals surface area contributed by atoms with Gasteiger partial charge in [0.1, 0.15) is 0 Å². The summed E-state index contributed by atoms with van der Waals surface area (Å²) in [5.74, 6) is 0. The average molecular weight is 170 g/mol. The SMILES string of the molecule is CCOCCCN(C)C(C)C#N. The van der Waals surface area contributed by atoms with E-state index in [9.17, 15) is 0 Å². The molecule has 0 bridgehead atoms. The predicted octanol–water partition coefficient (Wildman–Crippen LogP) is 1.26. The number of ether oxygens (including phenoxy) is 1. The molecule has 0 heterocycles. The Kier molecular flexibility index (Phi) is 6.73. The molecule has 1 unspecified atom stereocenters. The zero-order valence-electron chi connectivity index (χ0n) is 8.21. The fourth-order valence-electron chi connectivity index (χ4n) is 0.853. The van der Waals surface area contributed by atoms with Gasteiger partial charge in [0.25, 0.3) is 0 Å². The summed E-state index contributed by atoms with van der Waals surface area (Å²) < 4.78 is 5.19. The highest BCUT2D eigenvalue weighted by Crippen LogP contribution is 1.95. The molecule has 0 amide bonds. The van der Waals surface area contributed by atoms with Gasteiger partial charge in [-0.3, -0.25) is 4.90 Å². The number of hydrogen-bond acceptors (Lipinski definition) is 3. The number of nitriles is 1. The van der Waals surface area contributed by atoms with Crippen molar-refractivity contribution in [2.75, 3.05) is 26.8 Å². The van der Waals surface area contributed by atoms with Gasteiger partial charge in [0.05, 0.1) is 12.1 Å². The van der Waals surface area contributed by atoms with Crippen LogP contribution in [-0.4, -0.2) is 37.7 Å². The second-order valence-corrected chi connectivity index (χ2v) is 2.84. The van der Waals surface area contributed by atoms with Gasteiger partial charge in [-0.15, -0.1) is 0 Å². The molecule has 1 atom stereocenters. The van der Waals surface area contributed by atoms with Crippen molar-refractivity contribution in [1.29, 1.82) is 5.26 Å². The first-order valence-corrected chi connectivity index (χ1v) is 4.40. The first-order valence-electron chi connectivity index (χ1n) is 4.40. The van der Waals surface area contributed by atoms with Gasteiger partial charge in [-0.1, -0.05) is 0 Å². The maximum atomic E-state index is 8.58. The van der Waals surface area contributed by atoms with Crippen LogP contribution in [0.5, 0.6) is 0 Å². The van der Waals surface area contributed by atoms with E-state index in [0.717, 1.165) is 26.2 Å². The van der Waals surface area contributed by atoms with Crippen LogP contribution in [0.4, 0.5) is 0 Å². The lowest BCUT2D eigenvalue weighted by Gasteiger charge is -2.18. The zero-order valence-corrected chi connectivity index (χ0v) is 8.21. The Morgan fingerprint density at radius 2 is 2.25 bits per heavy atom. The van der Waals surface area contributed by atoms with Gasteiger partial charge < -0.3 is 4.74 Å². The molecule has 0 spiro atoms. The molecule has 0 saturated carbocycles. The summed E-state index contributed by atoms with van der Waals surface area (Å²) in [6, 6.07) is 2.20. The Morgan fingerprint density at radius 3 is 2.75 bits per heavy atom. The van der Waals surface area contributed by atoms with Crippen molar-refractivity contribution in [3.05, 3.63) is 0 Å². The van der Waals surface area contributed by atoms with E-state index >= 15 is 0 Å². The first-order chi connectivity index (χ1) is 5.72. The minimum Gasteiger partial charge on any atom is -0.382 e. The van der Waals surface area contributed by atoms with Crippen LogP contribution >= 0.6 is 0 Å². The number of hydrogen-bond donors (Lipinski definition) is 0. The minimum atomic E-state index is 0.00614. The molecule has 0 N–H and O–H groups in total. The molecule has 0 aromatic carbocycles. The molecule has 70 valence electrons. The fourth-order valence-corrected chi connectivity index (χ4v) is 0.853. The molecule has 0 fully saturated rings. The zero-order chi connectivity index (χ0) is 9.40. The van der Waals surface area contributed by atoms with Crippen molar-refractivity contribution in [2.45, 2.75) is 26.3 Å². The quantitative estimate of drug-likeness (QED) is 0.563. The van der Waals surface area contributed by atoms with Crippen LogP contribution in [0.25, 0.3) is 0 Å². The number of rotatable bonds is 6. The fraction of sp³-hybridized carbons (Fsp3) is 0.889. The van der Waals surface area contributed by atoms with E-state index < -0.39 is 0 Å². The lowest BCUT2D eigenvalue weighted by molar-refractivity contribution is 0.133. The van der Waals surface area contributed by atoms with Gasteiger partial charge >= 0.3 is 0 Å². The average Bonchev–Trinajstić information content (AvgIpc) is 2.10. The maximum Gasteiger partial charge on any atom is 0.0946 e. The van der Waals surface area contributed by atoms with Crippen molar-refractivity contribution in [3.63, 3.8) is 0 Å². The van der Waals surface area contributed by atoms with E-state index in [1.165, 1.54) is 0 Å². The van der Waals surface area contributed by atoms with E-state index in [0.29, 0.717) is 0 Å².